The smallest absolute Gasteiger partial charge is 0.242 e. The van der Waals surface area contributed by atoms with Gasteiger partial charge in [-0.2, -0.15) is 5.10 Å². The normalized spacial score (nSPS) is 10.4. The van der Waals surface area contributed by atoms with Crippen LogP contribution in [0.2, 0.25) is 0 Å². The zero-order valence-electron chi connectivity index (χ0n) is 10.5. The van der Waals surface area contributed by atoms with E-state index in [2.05, 4.69) is 25.8 Å². The van der Waals surface area contributed by atoms with E-state index in [1.54, 1.807) is 18.3 Å². The van der Waals surface area contributed by atoms with Crippen LogP contribution in [0.1, 0.15) is 5.56 Å². The second kappa shape index (κ2) is 7.38. The average Bonchev–Trinajstić information content (AvgIpc) is 2.46. The van der Waals surface area contributed by atoms with Crippen molar-refractivity contribution in [3.63, 3.8) is 0 Å². The Hall–Kier alpha value is -2.08. The summed E-state index contributed by atoms with van der Waals surface area (Å²) in [6.45, 7) is 2.38. The Labute approximate surface area is 111 Å². The molecule has 0 atom stereocenters. The molecule has 1 heterocycles. The topological polar surface area (TPSA) is 62.7 Å². The molecule has 0 radical (unpaired) electrons. The molecule has 0 aliphatic carbocycles. The van der Waals surface area contributed by atoms with Gasteiger partial charge in [-0.3, -0.25) is 0 Å². The molecule has 6 heteroatoms. The summed E-state index contributed by atoms with van der Waals surface area (Å²) in [4.78, 5) is 4.00. The number of rotatable bonds is 7. The number of nitrogens with zero attached hydrogens (tertiary/aromatic N) is 3. The van der Waals surface area contributed by atoms with Gasteiger partial charge in [0.05, 0.1) is 12.4 Å². The lowest BCUT2D eigenvalue weighted by Gasteiger charge is -2.06. The molecule has 1 aromatic heterocycles. The third-order valence-corrected chi connectivity index (χ3v) is 2.57. The summed E-state index contributed by atoms with van der Waals surface area (Å²) < 4.78 is 12.7. The van der Waals surface area contributed by atoms with Gasteiger partial charge in [0.2, 0.25) is 5.95 Å². The third kappa shape index (κ3) is 4.97. The molecule has 0 aliphatic heterocycles. The van der Waals surface area contributed by atoms with E-state index < -0.39 is 0 Å². The van der Waals surface area contributed by atoms with Crippen LogP contribution in [-0.4, -0.2) is 34.8 Å². The molecule has 0 aliphatic rings. The molecule has 0 saturated heterocycles. The number of aromatic nitrogens is 3. The summed E-state index contributed by atoms with van der Waals surface area (Å²) >= 11 is 0. The van der Waals surface area contributed by atoms with Gasteiger partial charge in [0, 0.05) is 13.1 Å². The molecule has 0 fully saturated rings. The van der Waals surface area contributed by atoms with Gasteiger partial charge in [0.1, 0.15) is 5.82 Å². The molecule has 2 aromatic rings. The van der Waals surface area contributed by atoms with Crippen molar-refractivity contribution in [3.8, 4) is 0 Å². The Morgan fingerprint density at radius 3 is 2.58 bits per heavy atom. The van der Waals surface area contributed by atoms with Crippen molar-refractivity contribution < 1.29 is 4.39 Å². The Morgan fingerprint density at radius 2 is 1.84 bits per heavy atom. The maximum atomic E-state index is 12.7. The quantitative estimate of drug-likeness (QED) is 0.735. The number of halogens is 1. The van der Waals surface area contributed by atoms with E-state index in [0.29, 0.717) is 5.95 Å². The molecule has 5 nitrogen and oxygen atoms in total. The van der Waals surface area contributed by atoms with Crippen LogP contribution in [0.4, 0.5) is 10.3 Å². The summed E-state index contributed by atoms with van der Waals surface area (Å²) in [5, 5.41) is 13.9. The van der Waals surface area contributed by atoms with Crippen LogP contribution in [0, 0.1) is 5.82 Å². The molecule has 0 bridgehead atoms. The largest absolute Gasteiger partial charge is 0.352 e. The van der Waals surface area contributed by atoms with Crippen LogP contribution in [0.5, 0.6) is 0 Å². The van der Waals surface area contributed by atoms with Crippen LogP contribution >= 0.6 is 0 Å². The fraction of sp³-hybridized carbons (Fsp3) is 0.308. The number of nitrogens with one attached hydrogen (secondary N) is 2. The molecule has 2 N–H and O–H groups in total. The third-order valence-electron chi connectivity index (χ3n) is 2.57. The van der Waals surface area contributed by atoms with Crippen molar-refractivity contribution >= 4 is 5.95 Å². The minimum Gasteiger partial charge on any atom is -0.352 e. The molecular formula is C13H16FN5. The molecule has 0 spiro atoms. The van der Waals surface area contributed by atoms with E-state index in [9.17, 15) is 4.39 Å². The van der Waals surface area contributed by atoms with E-state index in [4.69, 9.17) is 0 Å². The second-order valence-electron chi connectivity index (χ2n) is 4.02. The minimum atomic E-state index is -0.197. The number of hydrogen-bond acceptors (Lipinski definition) is 5. The fourth-order valence-corrected chi connectivity index (χ4v) is 1.60. The first-order chi connectivity index (χ1) is 9.34. The van der Waals surface area contributed by atoms with E-state index in [0.717, 1.165) is 31.6 Å². The summed E-state index contributed by atoms with van der Waals surface area (Å²) in [5.74, 6) is 0.334. The molecule has 0 saturated carbocycles. The maximum Gasteiger partial charge on any atom is 0.242 e. The highest BCUT2D eigenvalue weighted by Crippen LogP contribution is 2.02. The van der Waals surface area contributed by atoms with Gasteiger partial charge in [0.15, 0.2) is 0 Å². The molecule has 100 valence electrons. The molecule has 19 heavy (non-hydrogen) atoms. The molecule has 2 rings (SSSR count). The van der Waals surface area contributed by atoms with Gasteiger partial charge >= 0.3 is 0 Å². The van der Waals surface area contributed by atoms with E-state index in [-0.39, 0.29) is 5.82 Å². The fourth-order valence-electron chi connectivity index (χ4n) is 1.60. The van der Waals surface area contributed by atoms with Crippen LogP contribution in [0.3, 0.4) is 0 Å². The van der Waals surface area contributed by atoms with E-state index in [1.165, 1.54) is 18.3 Å². The van der Waals surface area contributed by atoms with Crippen molar-refractivity contribution in [2.75, 3.05) is 25.0 Å². The summed E-state index contributed by atoms with van der Waals surface area (Å²) in [6.07, 6.45) is 4.01. The van der Waals surface area contributed by atoms with Gasteiger partial charge in [-0.1, -0.05) is 12.1 Å². The van der Waals surface area contributed by atoms with Crippen molar-refractivity contribution in [2.24, 2.45) is 0 Å². The second-order valence-corrected chi connectivity index (χ2v) is 4.02. The molecule has 0 unspecified atom stereocenters. The van der Waals surface area contributed by atoms with Crippen LogP contribution in [0.15, 0.2) is 36.7 Å². The lowest BCUT2D eigenvalue weighted by molar-refractivity contribution is 0.626. The van der Waals surface area contributed by atoms with Gasteiger partial charge in [-0.25, -0.2) is 9.37 Å². The van der Waals surface area contributed by atoms with Crippen molar-refractivity contribution in [1.82, 2.24) is 20.5 Å². The van der Waals surface area contributed by atoms with Crippen LogP contribution < -0.4 is 10.6 Å². The molecule has 0 amide bonds. The summed E-state index contributed by atoms with van der Waals surface area (Å²) in [7, 11) is 0. The van der Waals surface area contributed by atoms with Gasteiger partial charge < -0.3 is 10.6 Å². The van der Waals surface area contributed by atoms with E-state index >= 15 is 0 Å². The maximum absolute atomic E-state index is 12.7. The van der Waals surface area contributed by atoms with Gasteiger partial charge in [-0.05, 0) is 30.7 Å². The lowest BCUT2D eigenvalue weighted by atomic mass is 10.1. The minimum absolute atomic E-state index is 0.197. The first-order valence-corrected chi connectivity index (χ1v) is 6.17. The predicted octanol–water partition coefficient (Wildman–Crippen LogP) is 1.25. The van der Waals surface area contributed by atoms with Gasteiger partial charge in [-0.15, -0.1) is 5.10 Å². The van der Waals surface area contributed by atoms with Crippen LogP contribution in [0.25, 0.3) is 0 Å². The monoisotopic (exact) mass is 261 g/mol. The number of hydrogen-bond donors (Lipinski definition) is 2. The first-order valence-electron chi connectivity index (χ1n) is 6.17. The van der Waals surface area contributed by atoms with Crippen molar-refractivity contribution in [2.45, 2.75) is 6.42 Å². The van der Waals surface area contributed by atoms with Crippen LogP contribution in [-0.2, 0) is 6.42 Å². The Balaban J connectivity index is 1.56. The first kappa shape index (κ1) is 13.4. The van der Waals surface area contributed by atoms with Gasteiger partial charge in [0.25, 0.3) is 0 Å². The standard InChI is InChI=1S/C13H16FN5/c14-12-3-1-11(2-4-12)5-6-15-7-8-16-13-17-9-10-18-19-13/h1-4,9-10,15H,5-8H2,(H,16,17,19). The number of anilines is 1. The predicted molar refractivity (Wildman–Crippen MR) is 71.3 cm³/mol. The van der Waals surface area contributed by atoms with Crippen molar-refractivity contribution in [1.29, 1.82) is 0 Å². The zero-order valence-corrected chi connectivity index (χ0v) is 10.5. The number of benzene rings is 1. The summed E-state index contributed by atoms with van der Waals surface area (Å²) in [6, 6.07) is 6.57. The highest BCUT2D eigenvalue weighted by Gasteiger charge is 1.95. The Bertz CT molecular complexity index is 474. The Morgan fingerprint density at radius 1 is 1.00 bits per heavy atom. The average molecular weight is 261 g/mol. The Kier molecular flexibility index (Phi) is 5.18. The lowest BCUT2D eigenvalue weighted by Crippen LogP contribution is -2.24. The molecule has 1 aromatic carbocycles. The molecular weight excluding hydrogens is 245 g/mol. The SMILES string of the molecule is Fc1ccc(CCNCCNc2nccnn2)cc1. The highest BCUT2D eigenvalue weighted by molar-refractivity contribution is 5.19. The van der Waals surface area contributed by atoms with E-state index in [1.807, 2.05) is 0 Å². The highest BCUT2D eigenvalue weighted by atomic mass is 19.1. The zero-order chi connectivity index (χ0) is 13.3. The summed E-state index contributed by atoms with van der Waals surface area (Å²) in [5.41, 5.74) is 1.12. The van der Waals surface area contributed by atoms with Crippen molar-refractivity contribution in [3.05, 3.63) is 48.0 Å².